The molecule has 100 valence electrons. The Hall–Kier alpha value is -2.21. The lowest BCUT2D eigenvalue weighted by atomic mass is 9.99. The van der Waals surface area contributed by atoms with Crippen LogP contribution in [0.25, 0.3) is 10.9 Å². The lowest BCUT2D eigenvalue weighted by molar-refractivity contribution is -0.531. The van der Waals surface area contributed by atoms with E-state index in [1.807, 2.05) is 0 Å². The van der Waals surface area contributed by atoms with Crippen molar-refractivity contribution in [2.75, 3.05) is 0 Å². The van der Waals surface area contributed by atoms with E-state index in [0.29, 0.717) is 16.5 Å². The summed E-state index contributed by atoms with van der Waals surface area (Å²) in [6.45, 7) is 1.32. The third kappa shape index (κ3) is 2.22. The number of aromatic nitrogens is 1. The van der Waals surface area contributed by atoms with E-state index < -0.39 is 17.1 Å². The maximum absolute atomic E-state index is 11.8. The first-order chi connectivity index (χ1) is 8.93. The zero-order valence-corrected chi connectivity index (χ0v) is 10.6. The first-order valence-electron chi connectivity index (χ1n) is 5.83. The Morgan fingerprint density at radius 1 is 1.37 bits per heavy atom. The molecule has 0 amide bonds. The van der Waals surface area contributed by atoms with Crippen LogP contribution in [-0.2, 0) is 7.05 Å². The number of aliphatic hydroxyl groups is 1. The first-order valence-corrected chi connectivity index (χ1v) is 5.83. The van der Waals surface area contributed by atoms with Crippen LogP contribution in [0.5, 0.6) is 0 Å². The highest BCUT2D eigenvalue weighted by molar-refractivity contribution is 5.82. The van der Waals surface area contributed by atoms with Crippen LogP contribution in [0, 0.1) is 10.1 Å². The molecule has 0 spiro atoms. The minimum absolute atomic E-state index is 0.294. The number of nitro groups is 1. The standard InChI is InChI=1S/C13H14N2O4/c1-8(15(18)19)13(17)10-7-12(16)14(2)11-6-4-3-5-9(10)11/h3-8,13,17H,1-2H3/t8-,13-/m1/s1. The third-order valence-electron chi connectivity index (χ3n) is 3.29. The summed E-state index contributed by atoms with van der Waals surface area (Å²) in [6.07, 6.45) is -1.31. The van der Waals surface area contributed by atoms with Crippen molar-refractivity contribution in [3.63, 3.8) is 0 Å². The number of benzene rings is 1. The summed E-state index contributed by atoms with van der Waals surface area (Å²) in [5.41, 5.74) is 0.630. The van der Waals surface area contributed by atoms with Crippen LogP contribution < -0.4 is 5.56 Å². The summed E-state index contributed by atoms with van der Waals surface area (Å²) in [5, 5.41) is 21.5. The monoisotopic (exact) mass is 262 g/mol. The van der Waals surface area contributed by atoms with Crippen LogP contribution in [0.15, 0.2) is 35.1 Å². The number of aliphatic hydroxyl groups excluding tert-OH is 1. The van der Waals surface area contributed by atoms with Gasteiger partial charge in [0.1, 0.15) is 6.10 Å². The molecule has 0 radical (unpaired) electrons. The quantitative estimate of drug-likeness (QED) is 0.666. The molecule has 0 unspecified atom stereocenters. The third-order valence-corrected chi connectivity index (χ3v) is 3.29. The van der Waals surface area contributed by atoms with E-state index in [4.69, 9.17) is 0 Å². The van der Waals surface area contributed by atoms with Crippen molar-refractivity contribution in [1.82, 2.24) is 4.57 Å². The number of nitrogens with zero attached hydrogens (tertiary/aromatic N) is 2. The minimum Gasteiger partial charge on any atom is -0.381 e. The average Bonchev–Trinajstić information content (AvgIpc) is 2.41. The molecule has 0 bridgehead atoms. The number of aryl methyl sites for hydroxylation is 1. The van der Waals surface area contributed by atoms with E-state index in [1.54, 1.807) is 31.3 Å². The predicted molar refractivity (Wildman–Crippen MR) is 70.6 cm³/mol. The normalized spacial score (nSPS) is 14.3. The van der Waals surface area contributed by atoms with E-state index in [-0.39, 0.29) is 5.56 Å². The molecule has 2 aromatic rings. The summed E-state index contributed by atoms with van der Waals surface area (Å²) < 4.78 is 1.45. The van der Waals surface area contributed by atoms with Gasteiger partial charge >= 0.3 is 0 Å². The smallest absolute Gasteiger partial charge is 0.251 e. The van der Waals surface area contributed by atoms with Gasteiger partial charge in [0.15, 0.2) is 0 Å². The van der Waals surface area contributed by atoms with Gasteiger partial charge in [0.2, 0.25) is 6.04 Å². The molecule has 6 heteroatoms. The SMILES string of the molecule is C[C@H]([C@@H](O)c1cc(=O)n(C)c2ccccc12)[N+](=O)[O-]. The molecule has 2 atom stereocenters. The molecule has 0 aliphatic carbocycles. The van der Waals surface area contributed by atoms with Gasteiger partial charge in [-0.05, 0) is 6.07 Å². The molecule has 0 aliphatic rings. The first kappa shape index (κ1) is 13.2. The minimum atomic E-state index is -1.31. The molecular formula is C13H14N2O4. The topological polar surface area (TPSA) is 85.4 Å². The van der Waals surface area contributed by atoms with E-state index in [1.165, 1.54) is 17.6 Å². The summed E-state index contributed by atoms with van der Waals surface area (Å²) in [5.74, 6) is 0. The number of para-hydroxylation sites is 1. The highest BCUT2D eigenvalue weighted by atomic mass is 16.6. The Morgan fingerprint density at radius 2 is 2.00 bits per heavy atom. The second kappa shape index (κ2) is 4.81. The largest absolute Gasteiger partial charge is 0.381 e. The van der Waals surface area contributed by atoms with Gasteiger partial charge in [-0.15, -0.1) is 0 Å². The number of hydrogen-bond acceptors (Lipinski definition) is 4. The fourth-order valence-electron chi connectivity index (χ4n) is 2.06. The number of fused-ring (bicyclic) bond motifs is 1. The van der Waals surface area contributed by atoms with Gasteiger partial charge in [0.25, 0.3) is 5.56 Å². The number of rotatable bonds is 3. The molecule has 1 aromatic carbocycles. The van der Waals surface area contributed by atoms with Crippen molar-refractivity contribution >= 4 is 10.9 Å². The van der Waals surface area contributed by atoms with E-state index >= 15 is 0 Å². The molecule has 19 heavy (non-hydrogen) atoms. The van der Waals surface area contributed by atoms with Gasteiger partial charge < -0.3 is 9.67 Å². The van der Waals surface area contributed by atoms with Gasteiger partial charge in [-0.1, -0.05) is 18.2 Å². The van der Waals surface area contributed by atoms with Crippen LogP contribution >= 0.6 is 0 Å². The second-order valence-electron chi connectivity index (χ2n) is 4.48. The Morgan fingerprint density at radius 3 is 2.63 bits per heavy atom. The molecular weight excluding hydrogens is 248 g/mol. The Labute approximate surface area is 109 Å². The number of hydrogen-bond donors (Lipinski definition) is 1. The predicted octanol–water partition coefficient (Wildman–Crippen LogP) is 1.24. The van der Waals surface area contributed by atoms with Crippen LogP contribution in [-0.4, -0.2) is 20.6 Å². The lowest BCUT2D eigenvalue weighted by Crippen LogP contribution is -2.26. The van der Waals surface area contributed by atoms with Crippen LogP contribution in [0.3, 0.4) is 0 Å². The average molecular weight is 262 g/mol. The summed E-state index contributed by atoms with van der Waals surface area (Å²) in [4.78, 5) is 22.0. The number of pyridine rings is 1. The van der Waals surface area contributed by atoms with Crippen LogP contribution in [0.1, 0.15) is 18.6 Å². The lowest BCUT2D eigenvalue weighted by Gasteiger charge is -2.16. The Kier molecular flexibility index (Phi) is 3.35. The molecule has 0 aliphatic heterocycles. The van der Waals surface area contributed by atoms with Gasteiger partial charge in [-0.25, -0.2) is 0 Å². The summed E-state index contributed by atoms with van der Waals surface area (Å²) in [7, 11) is 1.62. The van der Waals surface area contributed by atoms with Crippen molar-refractivity contribution in [3.8, 4) is 0 Å². The summed E-state index contributed by atoms with van der Waals surface area (Å²) >= 11 is 0. The molecule has 1 N–H and O–H groups in total. The van der Waals surface area contributed by atoms with Crippen LogP contribution in [0.2, 0.25) is 0 Å². The van der Waals surface area contributed by atoms with Gasteiger partial charge in [0.05, 0.1) is 5.52 Å². The van der Waals surface area contributed by atoms with Crippen molar-refractivity contribution in [1.29, 1.82) is 0 Å². The molecule has 0 saturated heterocycles. The van der Waals surface area contributed by atoms with Crippen molar-refractivity contribution in [2.24, 2.45) is 7.05 Å². The highest BCUT2D eigenvalue weighted by Gasteiger charge is 2.28. The fraction of sp³-hybridized carbons (Fsp3) is 0.308. The van der Waals surface area contributed by atoms with Crippen molar-refractivity contribution in [2.45, 2.75) is 19.1 Å². The Balaban J connectivity index is 2.71. The molecule has 2 rings (SSSR count). The van der Waals surface area contributed by atoms with Crippen LogP contribution in [0.4, 0.5) is 0 Å². The van der Waals surface area contributed by atoms with E-state index in [2.05, 4.69) is 0 Å². The Bertz CT molecular complexity index is 693. The van der Waals surface area contributed by atoms with Gasteiger partial charge in [-0.3, -0.25) is 14.9 Å². The highest BCUT2D eigenvalue weighted by Crippen LogP contribution is 2.25. The van der Waals surface area contributed by atoms with Crippen molar-refractivity contribution in [3.05, 3.63) is 56.4 Å². The van der Waals surface area contributed by atoms with Gasteiger partial charge in [0, 0.05) is 35.9 Å². The molecule has 0 fully saturated rings. The van der Waals surface area contributed by atoms with E-state index in [0.717, 1.165) is 0 Å². The zero-order valence-electron chi connectivity index (χ0n) is 10.6. The molecule has 1 heterocycles. The molecule has 6 nitrogen and oxygen atoms in total. The fourth-order valence-corrected chi connectivity index (χ4v) is 2.06. The molecule has 0 saturated carbocycles. The second-order valence-corrected chi connectivity index (χ2v) is 4.48. The maximum atomic E-state index is 11.8. The molecule has 1 aromatic heterocycles. The maximum Gasteiger partial charge on any atom is 0.251 e. The van der Waals surface area contributed by atoms with E-state index in [9.17, 15) is 20.0 Å². The zero-order chi connectivity index (χ0) is 14.2. The van der Waals surface area contributed by atoms with Gasteiger partial charge in [-0.2, -0.15) is 0 Å². The summed E-state index contributed by atoms with van der Waals surface area (Å²) in [6, 6.07) is 7.10. The van der Waals surface area contributed by atoms with Crippen molar-refractivity contribution < 1.29 is 10.0 Å².